The molecule has 0 aromatic heterocycles. The average molecular weight is 170 g/mol. The predicted molar refractivity (Wildman–Crippen MR) is 55.1 cm³/mol. The van der Waals surface area contributed by atoms with Gasteiger partial charge in [-0.3, -0.25) is 0 Å². The quantitative estimate of drug-likeness (QED) is 0.668. The zero-order valence-electron chi connectivity index (χ0n) is 13.2. The van der Waals surface area contributed by atoms with Crippen molar-refractivity contribution in [3.8, 4) is 0 Å². The van der Waals surface area contributed by atoms with Crippen LogP contribution in [0.1, 0.15) is 8.22 Å². The lowest BCUT2D eigenvalue weighted by atomic mass is 10.2. The van der Waals surface area contributed by atoms with Gasteiger partial charge in [0.15, 0.2) is 0 Å². The maximum atomic E-state index is 7.31. The predicted octanol–water partition coefficient (Wildman–Crippen LogP) is 1.82. The minimum atomic E-state index is -2.70. The molecule has 0 saturated carbocycles. The molecule has 0 N–H and O–H groups in total. The van der Waals surface area contributed by atoms with Crippen molar-refractivity contribution in [2.75, 3.05) is 37.8 Å². The highest BCUT2D eigenvalue weighted by molar-refractivity contribution is 5.54. The molecule has 0 heterocycles. The summed E-state index contributed by atoms with van der Waals surface area (Å²) in [4.78, 5) is 2.32. The summed E-state index contributed by atoms with van der Waals surface area (Å²) in [7, 11) is 3.70. The minimum absolute atomic E-state index is 0.153. The SMILES string of the molecule is [2H]C([2H])([2H])N(c1ccc(N(C)C)cc1)C([2H])([2H])[2H]. The number of hydrogen-bond acceptors (Lipinski definition) is 2. The Labute approximate surface area is 82.8 Å². The molecule has 0 aliphatic carbocycles. The van der Waals surface area contributed by atoms with E-state index in [1.807, 2.05) is 19.0 Å². The van der Waals surface area contributed by atoms with E-state index in [2.05, 4.69) is 0 Å². The number of nitrogens with zero attached hydrogens (tertiary/aromatic N) is 2. The van der Waals surface area contributed by atoms with E-state index < -0.39 is 14.0 Å². The highest BCUT2D eigenvalue weighted by Gasteiger charge is 1.96. The summed E-state index contributed by atoms with van der Waals surface area (Å²) < 4.78 is 43.9. The van der Waals surface area contributed by atoms with Crippen LogP contribution in [0.2, 0.25) is 0 Å². The summed E-state index contributed by atoms with van der Waals surface area (Å²) in [5.41, 5.74) is 1.02. The fraction of sp³-hybridized carbons (Fsp3) is 0.400. The lowest BCUT2D eigenvalue weighted by Crippen LogP contribution is -2.10. The molecule has 0 atom stereocenters. The molecule has 1 rings (SSSR count). The molecule has 1 aromatic carbocycles. The Bertz CT molecular complexity index is 378. The monoisotopic (exact) mass is 170 g/mol. The maximum Gasteiger partial charge on any atom is 0.0456 e. The highest BCUT2D eigenvalue weighted by atomic mass is 15.1. The Morgan fingerprint density at radius 3 is 1.67 bits per heavy atom. The average Bonchev–Trinajstić information content (AvgIpc) is 2.13. The van der Waals surface area contributed by atoms with Crippen molar-refractivity contribution < 1.29 is 8.22 Å². The number of rotatable bonds is 2. The fourth-order valence-corrected chi connectivity index (χ4v) is 0.900. The first-order valence-corrected chi connectivity index (χ1v) is 3.61. The molecule has 0 radical (unpaired) electrons. The summed E-state index contributed by atoms with van der Waals surface area (Å²) in [5, 5.41) is 0. The van der Waals surface area contributed by atoms with Crippen LogP contribution in [0, 0.1) is 0 Å². The Morgan fingerprint density at radius 1 is 0.917 bits per heavy atom. The lowest BCUT2D eigenvalue weighted by Gasteiger charge is -2.16. The van der Waals surface area contributed by atoms with E-state index >= 15 is 0 Å². The topological polar surface area (TPSA) is 6.48 Å². The van der Waals surface area contributed by atoms with E-state index in [0.29, 0.717) is 4.90 Å². The first-order chi connectivity index (χ1) is 8.03. The molecule has 0 amide bonds. The summed E-state index contributed by atoms with van der Waals surface area (Å²) in [6, 6.07) is 6.35. The third-order valence-electron chi connectivity index (χ3n) is 1.62. The van der Waals surface area contributed by atoms with Gasteiger partial charge in [0.05, 0.1) is 0 Å². The Morgan fingerprint density at radius 2 is 1.33 bits per heavy atom. The van der Waals surface area contributed by atoms with Crippen LogP contribution in [0.15, 0.2) is 24.3 Å². The third-order valence-corrected chi connectivity index (χ3v) is 1.62. The smallest absolute Gasteiger partial charge is 0.0456 e. The largest absolute Gasteiger partial charge is 0.378 e. The Kier molecular flexibility index (Phi) is 1.07. The summed E-state index contributed by atoms with van der Waals surface area (Å²) in [5.74, 6) is 0. The highest BCUT2D eigenvalue weighted by Crippen LogP contribution is 2.16. The number of hydrogen-bond donors (Lipinski definition) is 0. The first kappa shape index (κ1) is 3.69. The molecule has 2 heteroatoms. The normalized spacial score (nSPS) is 19.2. The van der Waals surface area contributed by atoms with Crippen LogP contribution in [0.5, 0.6) is 0 Å². The molecular formula is C10H16N2. The standard InChI is InChI=1S/C10H16N2/c1-11(2)9-5-7-10(8-6-9)12(3)4/h5-8H,1-4H3/i1D3,2D3. The molecule has 0 aliphatic rings. The van der Waals surface area contributed by atoms with E-state index in [-0.39, 0.29) is 5.69 Å². The van der Waals surface area contributed by atoms with Crippen molar-refractivity contribution in [3.63, 3.8) is 0 Å². The molecule has 0 bridgehead atoms. The maximum absolute atomic E-state index is 7.31. The molecule has 2 nitrogen and oxygen atoms in total. The van der Waals surface area contributed by atoms with Crippen LogP contribution in [0.3, 0.4) is 0 Å². The van der Waals surface area contributed by atoms with E-state index in [4.69, 9.17) is 8.22 Å². The molecule has 0 aliphatic heterocycles. The third kappa shape index (κ3) is 1.91. The van der Waals surface area contributed by atoms with Gasteiger partial charge in [-0.25, -0.2) is 0 Å². The van der Waals surface area contributed by atoms with Gasteiger partial charge in [-0.1, -0.05) is 0 Å². The number of anilines is 2. The Balaban J connectivity index is 3.16. The van der Waals surface area contributed by atoms with Gasteiger partial charge in [-0.2, -0.15) is 0 Å². The number of benzene rings is 1. The second-order valence-corrected chi connectivity index (χ2v) is 2.75. The first-order valence-electron chi connectivity index (χ1n) is 6.61. The molecule has 12 heavy (non-hydrogen) atoms. The van der Waals surface area contributed by atoms with E-state index in [1.54, 1.807) is 12.1 Å². The van der Waals surface area contributed by atoms with Gasteiger partial charge in [0.25, 0.3) is 0 Å². The summed E-state index contributed by atoms with van der Waals surface area (Å²) in [6.45, 7) is -5.41. The van der Waals surface area contributed by atoms with Crippen molar-refractivity contribution in [1.29, 1.82) is 0 Å². The minimum Gasteiger partial charge on any atom is -0.378 e. The van der Waals surface area contributed by atoms with Crippen LogP contribution < -0.4 is 9.80 Å². The van der Waals surface area contributed by atoms with Crippen molar-refractivity contribution in [2.45, 2.75) is 0 Å². The molecule has 0 saturated heterocycles. The van der Waals surface area contributed by atoms with Crippen LogP contribution in [0.25, 0.3) is 0 Å². The molecule has 1 aromatic rings. The van der Waals surface area contributed by atoms with Crippen LogP contribution in [-0.2, 0) is 0 Å². The molecular weight excluding hydrogens is 148 g/mol. The van der Waals surface area contributed by atoms with E-state index in [1.165, 1.54) is 12.1 Å². The van der Waals surface area contributed by atoms with Crippen molar-refractivity contribution in [1.82, 2.24) is 0 Å². The lowest BCUT2D eigenvalue weighted by molar-refractivity contribution is 1.11. The van der Waals surface area contributed by atoms with Gasteiger partial charge in [0.1, 0.15) is 0 Å². The van der Waals surface area contributed by atoms with Gasteiger partial charge >= 0.3 is 0 Å². The van der Waals surface area contributed by atoms with Gasteiger partial charge in [0.2, 0.25) is 0 Å². The van der Waals surface area contributed by atoms with Crippen LogP contribution >= 0.6 is 0 Å². The molecule has 66 valence electrons. The fourth-order valence-electron chi connectivity index (χ4n) is 0.900. The van der Waals surface area contributed by atoms with Crippen molar-refractivity contribution >= 4 is 11.4 Å². The van der Waals surface area contributed by atoms with Gasteiger partial charge < -0.3 is 9.80 Å². The van der Waals surface area contributed by atoms with Crippen molar-refractivity contribution in [3.05, 3.63) is 24.3 Å². The second-order valence-electron chi connectivity index (χ2n) is 2.75. The summed E-state index contributed by atoms with van der Waals surface area (Å²) >= 11 is 0. The molecule has 0 spiro atoms. The van der Waals surface area contributed by atoms with Gasteiger partial charge in [-0.15, -0.1) is 0 Å². The van der Waals surface area contributed by atoms with Crippen LogP contribution in [-0.4, -0.2) is 28.0 Å². The van der Waals surface area contributed by atoms with Gasteiger partial charge in [-0.05, 0) is 24.3 Å². The van der Waals surface area contributed by atoms with Gasteiger partial charge in [0, 0.05) is 47.6 Å². The molecule has 0 fully saturated rings. The summed E-state index contributed by atoms with van der Waals surface area (Å²) in [6.07, 6.45) is 0. The van der Waals surface area contributed by atoms with Crippen LogP contribution in [0.4, 0.5) is 11.4 Å². The second kappa shape index (κ2) is 3.48. The Hall–Kier alpha value is -1.18. The zero-order chi connectivity index (χ0) is 14.1. The van der Waals surface area contributed by atoms with E-state index in [9.17, 15) is 0 Å². The van der Waals surface area contributed by atoms with Crippen molar-refractivity contribution in [2.24, 2.45) is 0 Å². The zero-order valence-corrected chi connectivity index (χ0v) is 7.20. The molecule has 0 unspecified atom stereocenters. The van der Waals surface area contributed by atoms with E-state index in [0.717, 1.165) is 5.69 Å².